The molecule has 2 aliphatic rings. The van der Waals surface area contributed by atoms with E-state index in [0.717, 1.165) is 29.5 Å². The van der Waals surface area contributed by atoms with Crippen LogP contribution in [0.4, 0.5) is 5.95 Å². The predicted molar refractivity (Wildman–Crippen MR) is 246 cm³/mol. The van der Waals surface area contributed by atoms with Crippen molar-refractivity contribution in [3.8, 4) is 17.6 Å². The smallest absolute Gasteiger partial charge is 0.280 e. The number of H-pyrrole nitrogens is 1. The number of imidazole rings is 1. The highest BCUT2D eigenvalue weighted by Crippen LogP contribution is 2.52. The molecule has 2 aromatic heterocycles. The van der Waals surface area contributed by atoms with Crippen LogP contribution in [0.3, 0.4) is 0 Å². The number of ether oxygens (including phenoxy) is 5. The fourth-order valence-electron chi connectivity index (χ4n) is 8.01. The van der Waals surface area contributed by atoms with Gasteiger partial charge in [0.15, 0.2) is 17.4 Å². The summed E-state index contributed by atoms with van der Waals surface area (Å²) in [5, 5.41) is 12.3. The zero-order chi connectivity index (χ0) is 46.3. The Morgan fingerprint density at radius 3 is 2.09 bits per heavy atom. The summed E-state index contributed by atoms with van der Waals surface area (Å²) >= 11 is 0. The Labute approximate surface area is 381 Å². The van der Waals surface area contributed by atoms with Crippen molar-refractivity contribution in [1.29, 1.82) is 5.26 Å². The largest absolute Gasteiger partial charge is 0.497 e. The van der Waals surface area contributed by atoms with E-state index in [9.17, 15) is 14.9 Å². The summed E-state index contributed by atoms with van der Waals surface area (Å²) in [5.41, 5.74) is 1.03. The number of fused-ring (bicyclic) bond motifs is 1. The van der Waals surface area contributed by atoms with Crippen LogP contribution in [0.2, 0.25) is 0 Å². The molecule has 1 saturated carbocycles. The molecule has 2 fully saturated rings. The highest BCUT2D eigenvalue weighted by molar-refractivity contribution is 7.44. The summed E-state index contributed by atoms with van der Waals surface area (Å²) in [6.45, 7) is 12.4. The number of nitriles is 1. The maximum Gasteiger partial charge on any atom is 0.280 e. The molecule has 0 bridgehead atoms. The minimum Gasteiger partial charge on any atom is -0.497 e. The fraction of sp³-hybridized carbons (Fsp3) is 0.479. The van der Waals surface area contributed by atoms with Crippen LogP contribution in [0.1, 0.15) is 83.7 Å². The van der Waals surface area contributed by atoms with Crippen molar-refractivity contribution < 1.29 is 37.5 Å². The molecule has 2 N–H and O–H groups in total. The van der Waals surface area contributed by atoms with Gasteiger partial charge in [0.1, 0.15) is 35.4 Å². The fourth-order valence-corrected chi connectivity index (χ4v) is 9.78. The number of anilines is 1. The molecule has 17 heteroatoms. The van der Waals surface area contributed by atoms with Crippen LogP contribution in [-0.4, -0.2) is 94.5 Å². The van der Waals surface area contributed by atoms with Gasteiger partial charge in [-0.2, -0.15) is 10.2 Å². The molecule has 346 valence electrons. The normalized spacial score (nSPS) is 19.3. The van der Waals surface area contributed by atoms with Crippen molar-refractivity contribution >= 4 is 31.5 Å². The van der Waals surface area contributed by atoms with Crippen LogP contribution in [0.15, 0.2) is 90.0 Å². The zero-order valence-electron chi connectivity index (χ0n) is 38.3. The molecule has 1 amide bonds. The van der Waals surface area contributed by atoms with E-state index in [2.05, 4.69) is 53.7 Å². The lowest BCUT2D eigenvalue weighted by atomic mass is 9.80. The summed E-state index contributed by atoms with van der Waals surface area (Å²) in [7, 11) is 1.45. The standard InChI is InChI=1S/C48H60N7O9P/c1-30(2)44(56)52-47-51-43-40(45(57)53-47)50-29-54(43)46-42(60-27-33-15-16-33)41(64-65(62-26-12-25-49)55(31(3)4)32(5)6)39(63-46)28-61-48(34-13-10-9-11-14-34,35-17-21-37(58-7)22-18-35)36-19-23-38(59-8)24-20-36/h9-11,13-14,17-24,29-33,39,41-42,46H,12,15-16,26-28H2,1-8H3,(H2,51,52,53,56,57)/t39-,41-,42-,46-,65?/m1/s1. The second kappa shape index (κ2) is 21.4. The quantitative estimate of drug-likeness (QED) is 0.0386. The number of aromatic nitrogens is 4. The Morgan fingerprint density at radius 2 is 1.54 bits per heavy atom. The van der Waals surface area contributed by atoms with Crippen LogP contribution in [0, 0.1) is 23.2 Å². The molecule has 5 aromatic rings. The minimum atomic E-state index is -1.81. The van der Waals surface area contributed by atoms with Gasteiger partial charge in [-0.25, -0.2) is 9.65 Å². The molecule has 0 spiro atoms. The Balaban J connectivity index is 1.38. The molecule has 65 heavy (non-hydrogen) atoms. The minimum absolute atomic E-state index is 0.00529. The lowest BCUT2D eigenvalue weighted by molar-refractivity contribution is -0.118. The third kappa shape index (κ3) is 10.7. The van der Waals surface area contributed by atoms with E-state index >= 15 is 0 Å². The van der Waals surface area contributed by atoms with E-state index in [1.807, 2.05) is 78.9 Å². The molecule has 0 radical (unpaired) electrons. The van der Waals surface area contributed by atoms with Crippen molar-refractivity contribution in [3.05, 3.63) is 112 Å². The lowest BCUT2D eigenvalue weighted by Crippen LogP contribution is -2.43. The number of hydrogen-bond donors (Lipinski definition) is 2. The number of carbonyl (C=O) groups is 1. The van der Waals surface area contributed by atoms with Crippen LogP contribution >= 0.6 is 8.53 Å². The molecule has 5 atom stereocenters. The Bertz CT molecular complexity index is 2380. The molecule has 1 aliphatic heterocycles. The first-order chi connectivity index (χ1) is 31.4. The molecule has 3 aromatic carbocycles. The van der Waals surface area contributed by atoms with Gasteiger partial charge in [-0.15, -0.1) is 0 Å². The third-order valence-corrected chi connectivity index (χ3v) is 13.6. The molecule has 1 saturated heterocycles. The van der Waals surface area contributed by atoms with Gasteiger partial charge in [0.25, 0.3) is 14.1 Å². The Kier molecular flexibility index (Phi) is 15.7. The van der Waals surface area contributed by atoms with Crippen LogP contribution in [0.5, 0.6) is 11.5 Å². The molecular formula is C48H60N7O9P. The SMILES string of the molecule is COc1ccc(C(OC[C@H]2O[C@@H](n3cnc4c(=O)[nH]c(NC(=O)C(C)C)nc43)[C@H](OCC3CC3)[C@@H]2OP(OCCC#N)N(C(C)C)C(C)C)(c2ccccc2)c2ccc(OC)cc2)cc1. The summed E-state index contributed by atoms with van der Waals surface area (Å²) in [6.07, 6.45) is 0.351. The molecule has 7 rings (SSSR count). The summed E-state index contributed by atoms with van der Waals surface area (Å²) in [5.74, 6) is 1.04. The monoisotopic (exact) mass is 909 g/mol. The van der Waals surface area contributed by atoms with E-state index in [-0.39, 0.29) is 60.7 Å². The third-order valence-electron chi connectivity index (χ3n) is 11.5. The van der Waals surface area contributed by atoms with Gasteiger partial charge < -0.3 is 32.7 Å². The number of benzene rings is 3. The summed E-state index contributed by atoms with van der Waals surface area (Å²) < 4.78 is 50.2. The van der Waals surface area contributed by atoms with E-state index in [1.54, 1.807) is 32.6 Å². The maximum absolute atomic E-state index is 13.5. The van der Waals surface area contributed by atoms with Crippen molar-refractivity contribution in [1.82, 2.24) is 24.2 Å². The number of hydrogen-bond acceptors (Lipinski definition) is 13. The van der Waals surface area contributed by atoms with E-state index in [4.69, 9.17) is 37.7 Å². The van der Waals surface area contributed by atoms with Crippen molar-refractivity contribution in [3.63, 3.8) is 0 Å². The molecule has 1 aliphatic carbocycles. The van der Waals surface area contributed by atoms with Gasteiger partial charge in [-0.1, -0.05) is 68.4 Å². The first-order valence-electron chi connectivity index (χ1n) is 22.2. The van der Waals surface area contributed by atoms with E-state index in [0.29, 0.717) is 24.0 Å². The van der Waals surface area contributed by atoms with Crippen molar-refractivity contribution in [2.75, 3.05) is 39.4 Å². The Hall–Kier alpha value is -5.24. The number of methoxy groups -OCH3 is 2. The number of nitrogens with zero attached hydrogens (tertiary/aromatic N) is 5. The molecule has 3 heterocycles. The summed E-state index contributed by atoms with van der Waals surface area (Å²) in [6, 6.07) is 27.8. The van der Waals surface area contributed by atoms with Crippen LogP contribution in [0.25, 0.3) is 11.2 Å². The predicted octanol–water partition coefficient (Wildman–Crippen LogP) is 8.09. The van der Waals surface area contributed by atoms with Crippen molar-refractivity contribution in [2.24, 2.45) is 11.8 Å². The van der Waals surface area contributed by atoms with Crippen molar-refractivity contribution in [2.45, 2.75) is 103 Å². The number of carbonyl (C=O) groups excluding carboxylic acids is 1. The van der Waals surface area contributed by atoms with E-state index in [1.165, 1.54) is 6.33 Å². The van der Waals surface area contributed by atoms with Crippen LogP contribution in [-0.2, 0) is 33.7 Å². The Morgan fingerprint density at radius 1 is 0.923 bits per heavy atom. The van der Waals surface area contributed by atoms with Gasteiger partial charge in [0, 0.05) is 18.0 Å². The second-order valence-corrected chi connectivity index (χ2v) is 18.5. The number of nitrogens with one attached hydrogen (secondary N) is 2. The molecular weight excluding hydrogens is 850 g/mol. The highest BCUT2D eigenvalue weighted by Gasteiger charge is 2.52. The first-order valence-corrected chi connectivity index (χ1v) is 23.3. The average Bonchev–Trinajstić information content (AvgIpc) is 3.94. The van der Waals surface area contributed by atoms with Gasteiger partial charge in [-0.3, -0.25) is 24.5 Å². The highest BCUT2D eigenvalue weighted by atomic mass is 31.2. The second-order valence-electron chi connectivity index (χ2n) is 17.1. The topological polar surface area (TPSA) is 184 Å². The number of aromatic amines is 1. The van der Waals surface area contributed by atoms with Gasteiger partial charge in [0.05, 0.1) is 52.9 Å². The maximum atomic E-state index is 13.5. The van der Waals surface area contributed by atoms with Crippen LogP contribution < -0.4 is 20.3 Å². The lowest BCUT2D eigenvalue weighted by Gasteiger charge is -2.39. The average molecular weight is 910 g/mol. The summed E-state index contributed by atoms with van der Waals surface area (Å²) in [4.78, 5) is 38.1. The number of rotatable bonds is 22. The van der Waals surface area contributed by atoms with Gasteiger partial charge in [-0.05, 0) is 87.4 Å². The molecule has 16 nitrogen and oxygen atoms in total. The number of amides is 1. The van der Waals surface area contributed by atoms with Gasteiger partial charge in [0.2, 0.25) is 11.9 Å². The zero-order valence-corrected chi connectivity index (χ0v) is 39.2. The first kappa shape index (κ1) is 47.7. The van der Waals surface area contributed by atoms with Gasteiger partial charge >= 0.3 is 0 Å². The molecule has 1 unspecified atom stereocenters. The van der Waals surface area contributed by atoms with E-state index < -0.39 is 44.2 Å².